The number of carbonyl (C=O) groups excluding carboxylic acids is 1. The van der Waals surface area contributed by atoms with Crippen LogP contribution in [0.25, 0.3) is 0 Å². The Hall–Kier alpha value is -1.52. The first kappa shape index (κ1) is 12.9. The number of carboxylic acids is 1. The Labute approximate surface area is 106 Å². The Morgan fingerprint density at radius 2 is 1.89 bits per heavy atom. The summed E-state index contributed by atoms with van der Waals surface area (Å²) in [5.74, 6) is -1.24. The van der Waals surface area contributed by atoms with E-state index in [-0.39, 0.29) is 17.9 Å². The van der Waals surface area contributed by atoms with Crippen molar-refractivity contribution in [1.29, 1.82) is 0 Å². The Bertz CT molecular complexity index is 396. The normalized spacial score (nSPS) is 33.5. The van der Waals surface area contributed by atoms with Crippen LogP contribution in [0.3, 0.4) is 0 Å². The van der Waals surface area contributed by atoms with E-state index in [0.29, 0.717) is 0 Å². The molecule has 2 aliphatic rings. The van der Waals surface area contributed by atoms with Crippen molar-refractivity contribution < 1.29 is 19.4 Å². The Morgan fingerprint density at radius 1 is 1.28 bits per heavy atom. The molecule has 5 heteroatoms. The molecular formula is C13H19NO4. The maximum Gasteiger partial charge on any atom is 0.407 e. The highest BCUT2D eigenvalue weighted by Crippen LogP contribution is 2.43. The molecule has 100 valence electrons. The van der Waals surface area contributed by atoms with Crippen LogP contribution >= 0.6 is 0 Å². The molecule has 1 amide bonds. The lowest BCUT2D eigenvalue weighted by molar-refractivity contribution is -0.143. The number of amides is 1. The number of hydrogen-bond acceptors (Lipinski definition) is 3. The first-order chi connectivity index (χ1) is 8.28. The topological polar surface area (TPSA) is 75.6 Å². The van der Waals surface area contributed by atoms with Gasteiger partial charge < -0.3 is 15.2 Å². The number of hydrogen-bond donors (Lipinski definition) is 2. The molecule has 18 heavy (non-hydrogen) atoms. The van der Waals surface area contributed by atoms with Gasteiger partial charge in [-0.2, -0.15) is 0 Å². The molecule has 2 N–H and O–H groups in total. The van der Waals surface area contributed by atoms with Gasteiger partial charge in [0.15, 0.2) is 0 Å². The fraction of sp³-hybridized carbons (Fsp3) is 0.692. The molecule has 0 unspecified atom stereocenters. The summed E-state index contributed by atoms with van der Waals surface area (Å²) in [5, 5.41) is 11.9. The van der Waals surface area contributed by atoms with E-state index in [9.17, 15) is 14.7 Å². The molecule has 1 saturated carbocycles. The lowest BCUT2D eigenvalue weighted by atomic mass is 9.89. The number of carbonyl (C=O) groups is 2. The monoisotopic (exact) mass is 253 g/mol. The van der Waals surface area contributed by atoms with Gasteiger partial charge in [0, 0.05) is 0 Å². The maximum absolute atomic E-state index is 11.7. The molecule has 0 heterocycles. The number of nitrogens with one attached hydrogen (secondary N) is 1. The van der Waals surface area contributed by atoms with Gasteiger partial charge in [0.1, 0.15) is 5.60 Å². The molecule has 0 aliphatic heterocycles. The molecule has 5 nitrogen and oxygen atoms in total. The van der Waals surface area contributed by atoms with E-state index in [0.717, 1.165) is 6.42 Å². The predicted octanol–water partition coefficient (Wildman–Crippen LogP) is 1.79. The third-order valence-corrected chi connectivity index (χ3v) is 3.43. The lowest BCUT2D eigenvalue weighted by Crippen LogP contribution is -2.47. The molecule has 0 radical (unpaired) electrons. The number of allylic oxidation sites excluding steroid dienone is 1. The third kappa shape index (κ3) is 2.49. The van der Waals surface area contributed by atoms with Crippen molar-refractivity contribution in [2.45, 2.75) is 38.8 Å². The molecular weight excluding hydrogens is 234 g/mol. The largest absolute Gasteiger partial charge is 0.481 e. The van der Waals surface area contributed by atoms with E-state index >= 15 is 0 Å². The molecule has 4 atom stereocenters. The molecule has 0 aromatic rings. The zero-order chi connectivity index (χ0) is 13.5. The Balaban J connectivity index is 2.02. The summed E-state index contributed by atoms with van der Waals surface area (Å²) in [6, 6.07) is -0.354. The summed E-state index contributed by atoms with van der Waals surface area (Å²) in [6.07, 6.45) is 4.19. The number of ether oxygens (including phenoxy) is 1. The van der Waals surface area contributed by atoms with Crippen molar-refractivity contribution >= 4 is 12.1 Å². The van der Waals surface area contributed by atoms with Gasteiger partial charge in [0.2, 0.25) is 0 Å². The summed E-state index contributed by atoms with van der Waals surface area (Å²) < 4.78 is 5.17. The van der Waals surface area contributed by atoms with Gasteiger partial charge in [0.05, 0.1) is 12.0 Å². The van der Waals surface area contributed by atoms with E-state index in [1.807, 2.05) is 12.2 Å². The maximum atomic E-state index is 11.7. The van der Waals surface area contributed by atoms with Crippen LogP contribution in [0, 0.1) is 17.8 Å². The van der Waals surface area contributed by atoms with Crippen LogP contribution in [0.15, 0.2) is 12.2 Å². The fourth-order valence-electron chi connectivity index (χ4n) is 2.80. The SMILES string of the molecule is CC(C)(C)OC(=O)N[C@@H]1[C@@H](C(=O)O)[C@@H]2C=C[C@H]1C2. The van der Waals surface area contributed by atoms with E-state index in [2.05, 4.69) is 5.32 Å². The Kier molecular flexibility index (Phi) is 3.09. The number of aliphatic carboxylic acids is 1. The third-order valence-electron chi connectivity index (χ3n) is 3.43. The van der Waals surface area contributed by atoms with Crippen LogP contribution in [0.4, 0.5) is 4.79 Å². The van der Waals surface area contributed by atoms with Crippen molar-refractivity contribution in [3.05, 3.63) is 12.2 Å². The van der Waals surface area contributed by atoms with Gasteiger partial charge in [-0.05, 0) is 39.0 Å². The van der Waals surface area contributed by atoms with Crippen molar-refractivity contribution in [3.63, 3.8) is 0 Å². The zero-order valence-corrected chi connectivity index (χ0v) is 10.8. The van der Waals surface area contributed by atoms with Gasteiger partial charge >= 0.3 is 12.1 Å². The van der Waals surface area contributed by atoms with Crippen LogP contribution in [0.5, 0.6) is 0 Å². The minimum Gasteiger partial charge on any atom is -0.481 e. The minimum absolute atomic E-state index is 0.0347. The molecule has 0 aromatic heterocycles. The molecule has 1 fully saturated rings. The summed E-state index contributed by atoms with van der Waals surface area (Å²) in [7, 11) is 0. The number of carboxylic acid groups (broad SMARTS) is 1. The van der Waals surface area contributed by atoms with Crippen LogP contribution in [0.1, 0.15) is 27.2 Å². The number of fused-ring (bicyclic) bond motifs is 2. The highest BCUT2D eigenvalue weighted by Gasteiger charge is 2.49. The van der Waals surface area contributed by atoms with Crippen molar-refractivity contribution in [1.82, 2.24) is 5.32 Å². The standard InChI is InChI=1S/C13H19NO4/c1-13(2,3)18-12(17)14-10-8-5-4-7(6-8)9(10)11(15)16/h4-5,7-10H,6H2,1-3H3,(H,14,17)(H,15,16)/t7-,8+,9+,10+/m1/s1. The van der Waals surface area contributed by atoms with E-state index < -0.39 is 23.6 Å². The highest BCUT2D eigenvalue weighted by atomic mass is 16.6. The quantitative estimate of drug-likeness (QED) is 0.736. The van der Waals surface area contributed by atoms with E-state index in [1.54, 1.807) is 20.8 Å². The van der Waals surface area contributed by atoms with Crippen LogP contribution in [-0.4, -0.2) is 28.8 Å². The smallest absolute Gasteiger partial charge is 0.407 e. The summed E-state index contributed by atoms with van der Waals surface area (Å²) in [4.78, 5) is 23.0. The molecule has 2 rings (SSSR count). The van der Waals surface area contributed by atoms with Gasteiger partial charge in [-0.3, -0.25) is 4.79 Å². The molecule has 2 aliphatic carbocycles. The van der Waals surface area contributed by atoms with Gasteiger partial charge in [-0.15, -0.1) is 0 Å². The predicted molar refractivity (Wildman–Crippen MR) is 65.0 cm³/mol. The molecule has 0 aromatic carbocycles. The van der Waals surface area contributed by atoms with Crippen molar-refractivity contribution in [2.24, 2.45) is 17.8 Å². The van der Waals surface area contributed by atoms with Gasteiger partial charge in [-0.25, -0.2) is 4.79 Å². The molecule has 2 bridgehead atoms. The van der Waals surface area contributed by atoms with Crippen LogP contribution in [-0.2, 0) is 9.53 Å². The summed E-state index contributed by atoms with van der Waals surface area (Å²) in [6.45, 7) is 5.34. The van der Waals surface area contributed by atoms with Crippen LogP contribution < -0.4 is 5.32 Å². The average molecular weight is 253 g/mol. The summed E-state index contributed by atoms with van der Waals surface area (Å²) in [5.41, 5.74) is -0.573. The molecule has 0 saturated heterocycles. The fourth-order valence-corrected chi connectivity index (χ4v) is 2.80. The van der Waals surface area contributed by atoms with Crippen molar-refractivity contribution in [2.75, 3.05) is 0 Å². The van der Waals surface area contributed by atoms with E-state index in [1.165, 1.54) is 0 Å². The Morgan fingerprint density at radius 3 is 2.44 bits per heavy atom. The second-order valence-electron chi connectivity index (χ2n) is 5.98. The van der Waals surface area contributed by atoms with E-state index in [4.69, 9.17) is 4.74 Å². The highest BCUT2D eigenvalue weighted by molar-refractivity contribution is 5.75. The van der Waals surface area contributed by atoms with Crippen molar-refractivity contribution in [3.8, 4) is 0 Å². The second-order valence-corrected chi connectivity index (χ2v) is 5.98. The van der Waals surface area contributed by atoms with Gasteiger partial charge in [-0.1, -0.05) is 12.2 Å². The molecule has 0 spiro atoms. The first-order valence-electron chi connectivity index (χ1n) is 6.18. The first-order valence-corrected chi connectivity index (χ1v) is 6.18. The number of rotatable bonds is 2. The summed E-state index contributed by atoms with van der Waals surface area (Å²) >= 11 is 0. The average Bonchev–Trinajstić information content (AvgIpc) is 2.73. The van der Waals surface area contributed by atoms with Crippen LogP contribution in [0.2, 0.25) is 0 Å². The second kappa shape index (κ2) is 4.30. The zero-order valence-electron chi connectivity index (χ0n) is 10.8. The lowest BCUT2D eigenvalue weighted by Gasteiger charge is -2.27. The van der Waals surface area contributed by atoms with Gasteiger partial charge in [0.25, 0.3) is 0 Å². The minimum atomic E-state index is -0.854. The number of alkyl carbamates (subject to hydrolysis) is 1.